The van der Waals surface area contributed by atoms with Crippen molar-refractivity contribution in [2.75, 3.05) is 19.0 Å². The molecule has 194 valence electrons. The molecule has 0 saturated heterocycles. The molecule has 2 heterocycles. The van der Waals surface area contributed by atoms with Crippen molar-refractivity contribution in [3.05, 3.63) is 16.7 Å². The van der Waals surface area contributed by atoms with E-state index in [0.29, 0.717) is 4.57 Å². The van der Waals surface area contributed by atoms with Crippen molar-refractivity contribution in [3.63, 3.8) is 0 Å². The van der Waals surface area contributed by atoms with E-state index in [1.807, 2.05) is 0 Å². The molecule has 0 bridgehead atoms. The average Bonchev–Trinajstić information content (AvgIpc) is 3.05. The van der Waals surface area contributed by atoms with Crippen molar-refractivity contribution in [2.45, 2.75) is 25.1 Å². The molecule has 0 fully saturated rings. The summed E-state index contributed by atoms with van der Waals surface area (Å²) in [5.41, 5.74) is 3.88. The average molecular weight is 559 g/mol. The standard InChI is InChI=1S/C11H18F2N5O13P3/c1-5(19)11(13,3-28-33(24,25)31-34(26,27)30-32(21,22)23)29-6(2-12)18-4-15-7-8(18)16-10(14)17-9(7)20/h4-6,19H,2-3H2,1H3,(H,24,25)(H,26,27)(H2,21,22,23)(H3,14,16,17,20)/t5-,6?,11+/m0/s1. The second-order valence-electron chi connectivity index (χ2n) is 6.33. The zero-order valence-electron chi connectivity index (χ0n) is 16.7. The Morgan fingerprint density at radius 2 is 1.85 bits per heavy atom. The minimum Gasteiger partial charge on any atom is -0.387 e. The minimum absolute atomic E-state index is 0.342. The molecule has 8 N–H and O–H groups in total. The van der Waals surface area contributed by atoms with Crippen molar-refractivity contribution in [3.8, 4) is 0 Å². The molecule has 0 aliphatic heterocycles. The first-order valence-electron chi connectivity index (χ1n) is 8.49. The number of alkyl halides is 2. The number of hydrogen-bond donors (Lipinski definition) is 7. The number of anilines is 1. The van der Waals surface area contributed by atoms with Crippen molar-refractivity contribution < 1.29 is 65.0 Å². The van der Waals surface area contributed by atoms with Gasteiger partial charge >= 0.3 is 23.5 Å². The van der Waals surface area contributed by atoms with E-state index in [1.165, 1.54) is 0 Å². The van der Waals surface area contributed by atoms with Gasteiger partial charge in [0.2, 0.25) is 5.95 Å². The summed E-state index contributed by atoms with van der Waals surface area (Å²) in [6, 6.07) is 0. The number of fused-ring (bicyclic) bond motifs is 1. The largest absolute Gasteiger partial charge is 0.490 e. The van der Waals surface area contributed by atoms with Gasteiger partial charge in [0.1, 0.15) is 19.4 Å². The number of aromatic nitrogens is 4. The quantitative estimate of drug-likeness (QED) is 0.163. The lowest BCUT2D eigenvalue weighted by atomic mass is 10.2. The molecule has 34 heavy (non-hydrogen) atoms. The highest BCUT2D eigenvalue weighted by Gasteiger charge is 2.46. The monoisotopic (exact) mass is 559 g/mol. The number of aromatic amines is 1. The molecule has 0 spiro atoms. The van der Waals surface area contributed by atoms with E-state index in [1.54, 1.807) is 0 Å². The van der Waals surface area contributed by atoms with Crippen LogP contribution in [0.5, 0.6) is 0 Å². The highest BCUT2D eigenvalue weighted by atomic mass is 31.3. The molecule has 23 heteroatoms. The van der Waals surface area contributed by atoms with Crippen LogP contribution in [0.2, 0.25) is 0 Å². The number of aliphatic hydroxyl groups excluding tert-OH is 1. The number of imidazole rings is 1. The molecule has 0 aliphatic carbocycles. The topological polar surface area (TPSA) is 279 Å². The predicted octanol–water partition coefficient (Wildman–Crippen LogP) is -0.424. The van der Waals surface area contributed by atoms with Crippen LogP contribution < -0.4 is 11.3 Å². The van der Waals surface area contributed by atoms with E-state index in [-0.39, 0.29) is 11.2 Å². The van der Waals surface area contributed by atoms with Gasteiger partial charge in [0.25, 0.3) is 11.4 Å². The summed E-state index contributed by atoms with van der Waals surface area (Å²) in [5, 5.41) is 9.74. The fourth-order valence-electron chi connectivity index (χ4n) is 2.27. The fourth-order valence-corrected chi connectivity index (χ4v) is 5.30. The van der Waals surface area contributed by atoms with Gasteiger partial charge in [0.15, 0.2) is 17.4 Å². The Morgan fingerprint density at radius 1 is 1.24 bits per heavy atom. The molecule has 0 saturated carbocycles. The molecule has 0 amide bonds. The van der Waals surface area contributed by atoms with Gasteiger partial charge in [-0.3, -0.25) is 18.9 Å². The second kappa shape index (κ2) is 10.1. The molecule has 2 aromatic heterocycles. The van der Waals surface area contributed by atoms with Crippen LogP contribution in [0.1, 0.15) is 13.2 Å². The molecule has 0 aliphatic rings. The third kappa shape index (κ3) is 7.42. The summed E-state index contributed by atoms with van der Waals surface area (Å²) in [6.07, 6.45) is -3.41. The van der Waals surface area contributed by atoms with Gasteiger partial charge in [-0.2, -0.15) is 13.6 Å². The number of nitrogens with zero attached hydrogens (tertiary/aromatic N) is 3. The maximum absolute atomic E-state index is 15.3. The molecule has 0 aromatic carbocycles. The number of rotatable bonds is 12. The van der Waals surface area contributed by atoms with E-state index in [4.69, 9.17) is 25.2 Å². The van der Waals surface area contributed by atoms with Gasteiger partial charge in [-0.15, -0.1) is 0 Å². The van der Waals surface area contributed by atoms with Crippen LogP contribution in [0.15, 0.2) is 11.1 Å². The van der Waals surface area contributed by atoms with E-state index in [9.17, 15) is 32.9 Å². The van der Waals surface area contributed by atoms with Crippen LogP contribution in [0, 0.1) is 0 Å². The third-order valence-corrected chi connectivity index (χ3v) is 7.47. The zero-order chi connectivity index (χ0) is 26.1. The highest BCUT2D eigenvalue weighted by molar-refractivity contribution is 7.66. The fraction of sp³-hybridized carbons (Fsp3) is 0.545. The lowest BCUT2D eigenvalue weighted by molar-refractivity contribution is -0.260. The molecule has 5 atom stereocenters. The maximum atomic E-state index is 15.3. The Hall–Kier alpha value is -1.66. The first-order chi connectivity index (χ1) is 15.4. The minimum atomic E-state index is -5.90. The summed E-state index contributed by atoms with van der Waals surface area (Å²) in [5.74, 6) is -3.93. The van der Waals surface area contributed by atoms with Gasteiger partial charge in [-0.25, -0.2) is 27.5 Å². The molecule has 3 unspecified atom stereocenters. The predicted molar refractivity (Wildman–Crippen MR) is 104 cm³/mol. The number of phosphoric acid groups is 3. The second-order valence-corrected chi connectivity index (χ2v) is 10.7. The number of hydrogen-bond acceptors (Lipinski definition) is 12. The van der Waals surface area contributed by atoms with Gasteiger partial charge < -0.3 is 35.2 Å². The van der Waals surface area contributed by atoms with Crippen molar-refractivity contribution >= 4 is 40.6 Å². The summed E-state index contributed by atoms with van der Waals surface area (Å²) in [4.78, 5) is 56.8. The number of nitrogens with one attached hydrogen (secondary N) is 1. The lowest BCUT2D eigenvalue weighted by Gasteiger charge is -2.32. The molecule has 18 nitrogen and oxygen atoms in total. The molecule has 0 radical (unpaired) electrons. The number of ether oxygens (including phenoxy) is 1. The Labute approximate surface area is 186 Å². The number of halogens is 2. The smallest absolute Gasteiger partial charge is 0.387 e. The van der Waals surface area contributed by atoms with Crippen LogP contribution >= 0.6 is 23.5 Å². The van der Waals surface area contributed by atoms with Crippen molar-refractivity contribution in [2.24, 2.45) is 0 Å². The summed E-state index contributed by atoms with van der Waals surface area (Å²) in [6.45, 7) is -2.54. The Bertz CT molecular complexity index is 1230. The van der Waals surface area contributed by atoms with E-state index < -0.39 is 66.4 Å². The summed E-state index contributed by atoms with van der Waals surface area (Å²) >= 11 is 0. The summed E-state index contributed by atoms with van der Waals surface area (Å²) < 4.78 is 79.3. The van der Waals surface area contributed by atoms with E-state index >= 15 is 4.39 Å². The Balaban J connectivity index is 2.26. The maximum Gasteiger partial charge on any atom is 0.490 e. The summed E-state index contributed by atoms with van der Waals surface area (Å²) in [7, 11) is -17.4. The number of aliphatic hydroxyl groups is 1. The van der Waals surface area contributed by atoms with Crippen molar-refractivity contribution in [1.29, 1.82) is 0 Å². The number of H-pyrrole nitrogens is 1. The van der Waals surface area contributed by atoms with Gasteiger partial charge in [-0.1, -0.05) is 0 Å². The normalized spacial score (nSPS) is 19.8. The van der Waals surface area contributed by atoms with Crippen LogP contribution in [-0.4, -0.2) is 69.4 Å². The number of phosphoric ester groups is 1. The van der Waals surface area contributed by atoms with Gasteiger partial charge in [0, 0.05) is 0 Å². The lowest BCUT2D eigenvalue weighted by Crippen LogP contribution is -2.45. The Morgan fingerprint density at radius 3 is 2.38 bits per heavy atom. The SMILES string of the molecule is C[C@H](O)[C@@](F)(COP(=O)(O)OP(=O)(O)OP(=O)(O)O)OC(CF)n1cnc2c(=O)[nH]c(N)nc21. The van der Waals surface area contributed by atoms with E-state index in [0.717, 1.165) is 13.3 Å². The molecular weight excluding hydrogens is 541 g/mol. The number of nitrogen functional groups attached to an aromatic ring is 1. The van der Waals surface area contributed by atoms with Crippen molar-refractivity contribution in [1.82, 2.24) is 19.5 Å². The Kier molecular flexibility index (Phi) is 8.52. The van der Waals surface area contributed by atoms with Crippen LogP contribution in [0.3, 0.4) is 0 Å². The molecular formula is C11H18F2N5O13P3. The highest BCUT2D eigenvalue weighted by Crippen LogP contribution is 2.66. The van der Waals surface area contributed by atoms with Gasteiger partial charge in [0.05, 0.1) is 6.33 Å². The van der Waals surface area contributed by atoms with E-state index in [2.05, 4.69) is 28.1 Å². The third-order valence-electron chi connectivity index (χ3n) is 3.69. The first kappa shape index (κ1) is 28.6. The van der Waals surface area contributed by atoms with Crippen LogP contribution in [0.25, 0.3) is 11.2 Å². The van der Waals surface area contributed by atoms with Crippen LogP contribution in [0.4, 0.5) is 14.7 Å². The van der Waals surface area contributed by atoms with Crippen LogP contribution in [-0.2, 0) is 31.6 Å². The molecule has 2 rings (SSSR count). The zero-order valence-corrected chi connectivity index (χ0v) is 19.3. The number of nitrogens with two attached hydrogens (primary N) is 1. The first-order valence-corrected chi connectivity index (χ1v) is 13.0. The molecule has 2 aromatic rings. The van der Waals surface area contributed by atoms with Gasteiger partial charge in [-0.05, 0) is 6.92 Å².